The molecule has 0 saturated heterocycles. The van der Waals surface area contributed by atoms with Gasteiger partial charge in [0.1, 0.15) is 5.75 Å². The predicted molar refractivity (Wildman–Crippen MR) is 88.7 cm³/mol. The summed E-state index contributed by atoms with van der Waals surface area (Å²) in [5, 5.41) is 16.0. The summed E-state index contributed by atoms with van der Waals surface area (Å²) in [4.78, 5) is 0. The van der Waals surface area contributed by atoms with Gasteiger partial charge in [0.25, 0.3) is 0 Å². The maximum Gasteiger partial charge on any atom is 0.120 e. The Morgan fingerprint density at radius 2 is 1.62 bits per heavy atom. The number of nitrogens with one attached hydrogen (secondary N) is 1. The van der Waals surface area contributed by atoms with Crippen LogP contribution in [0.3, 0.4) is 0 Å². The molecule has 3 rings (SSSR count). The topological polar surface area (TPSA) is 32.3 Å². The Bertz CT molecular complexity index is 751. The molecule has 0 spiro atoms. The smallest absolute Gasteiger partial charge is 0.120 e. The summed E-state index contributed by atoms with van der Waals surface area (Å²) in [7, 11) is 0. The quantitative estimate of drug-likeness (QED) is 0.694. The summed E-state index contributed by atoms with van der Waals surface area (Å²) < 4.78 is 0. The highest BCUT2D eigenvalue weighted by molar-refractivity contribution is 5.85. The molecule has 21 heavy (non-hydrogen) atoms. The Labute approximate surface area is 125 Å². The van der Waals surface area contributed by atoms with Crippen LogP contribution < -0.4 is 5.32 Å². The SMILES string of the molecule is CCC(Nc1ccc2ccccc2c1)c1ccccc1O. The fourth-order valence-corrected chi connectivity index (χ4v) is 2.66. The Kier molecular flexibility index (Phi) is 3.78. The predicted octanol–water partition coefficient (Wildman–Crippen LogP) is 5.11. The van der Waals surface area contributed by atoms with Crippen LogP contribution in [0.1, 0.15) is 24.9 Å². The van der Waals surface area contributed by atoms with Crippen molar-refractivity contribution >= 4 is 16.5 Å². The van der Waals surface area contributed by atoms with Crippen LogP contribution in [-0.2, 0) is 0 Å². The third-order valence-electron chi connectivity index (χ3n) is 3.81. The van der Waals surface area contributed by atoms with Gasteiger partial charge in [0, 0.05) is 11.3 Å². The molecule has 2 N–H and O–H groups in total. The van der Waals surface area contributed by atoms with E-state index in [4.69, 9.17) is 0 Å². The molecule has 0 aliphatic carbocycles. The lowest BCUT2D eigenvalue weighted by Gasteiger charge is -2.20. The van der Waals surface area contributed by atoms with E-state index in [2.05, 4.69) is 42.6 Å². The van der Waals surface area contributed by atoms with Crippen molar-refractivity contribution in [1.82, 2.24) is 0 Å². The van der Waals surface area contributed by atoms with Crippen molar-refractivity contribution in [2.75, 3.05) is 5.32 Å². The minimum absolute atomic E-state index is 0.104. The second kappa shape index (κ2) is 5.88. The molecule has 0 heterocycles. The summed E-state index contributed by atoms with van der Waals surface area (Å²) in [6, 6.07) is 22.3. The minimum atomic E-state index is 0.104. The van der Waals surface area contributed by atoms with Gasteiger partial charge >= 0.3 is 0 Å². The molecule has 1 atom stereocenters. The number of rotatable bonds is 4. The van der Waals surface area contributed by atoms with Crippen molar-refractivity contribution in [3.05, 3.63) is 72.3 Å². The minimum Gasteiger partial charge on any atom is -0.508 e. The van der Waals surface area contributed by atoms with Gasteiger partial charge < -0.3 is 10.4 Å². The Morgan fingerprint density at radius 3 is 2.38 bits per heavy atom. The Balaban J connectivity index is 1.90. The first kappa shape index (κ1) is 13.5. The molecule has 1 unspecified atom stereocenters. The second-order valence-electron chi connectivity index (χ2n) is 5.23. The highest BCUT2D eigenvalue weighted by Gasteiger charge is 2.12. The number of anilines is 1. The number of aromatic hydroxyl groups is 1. The van der Waals surface area contributed by atoms with E-state index >= 15 is 0 Å². The highest BCUT2D eigenvalue weighted by Crippen LogP contribution is 2.30. The van der Waals surface area contributed by atoms with Crippen LogP contribution in [0.4, 0.5) is 5.69 Å². The third kappa shape index (κ3) is 2.84. The van der Waals surface area contributed by atoms with Crippen molar-refractivity contribution < 1.29 is 5.11 Å². The van der Waals surface area contributed by atoms with Crippen LogP contribution in [0.2, 0.25) is 0 Å². The number of para-hydroxylation sites is 1. The maximum absolute atomic E-state index is 10.0. The van der Waals surface area contributed by atoms with Gasteiger partial charge in [0.2, 0.25) is 0 Å². The Hall–Kier alpha value is -2.48. The van der Waals surface area contributed by atoms with Gasteiger partial charge in [-0.1, -0.05) is 55.5 Å². The lowest BCUT2D eigenvalue weighted by Crippen LogP contribution is -2.09. The molecular weight excluding hydrogens is 258 g/mol. The summed E-state index contributed by atoms with van der Waals surface area (Å²) in [5.41, 5.74) is 2.01. The molecule has 0 saturated carbocycles. The molecule has 3 aromatic carbocycles. The molecule has 106 valence electrons. The van der Waals surface area contributed by atoms with Crippen LogP contribution in [0.15, 0.2) is 66.7 Å². The van der Waals surface area contributed by atoms with E-state index in [-0.39, 0.29) is 6.04 Å². The van der Waals surface area contributed by atoms with Crippen molar-refractivity contribution in [3.8, 4) is 5.75 Å². The molecule has 0 aliphatic heterocycles. The van der Waals surface area contributed by atoms with Crippen LogP contribution >= 0.6 is 0 Å². The molecule has 0 radical (unpaired) electrons. The van der Waals surface area contributed by atoms with Crippen molar-refractivity contribution in [1.29, 1.82) is 0 Å². The van der Waals surface area contributed by atoms with Crippen LogP contribution in [0, 0.1) is 0 Å². The van der Waals surface area contributed by atoms with Gasteiger partial charge in [-0.15, -0.1) is 0 Å². The molecule has 0 aromatic heterocycles. The van der Waals surface area contributed by atoms with Gasteiger partial charge in [-0.2, -0.15) is 0 Å². The van der Waals surface area contributed by atoms with Gasteiger partial charge in [0.05, 0.1) is 6.04 Å². The van der Waals surface area contributed by atoms with Crippen molar-refractivity contribution in [2.45, 2.75) is 19.4 Å². The molecule has 0 amide bonds. The average molecular weight is 277 g/mol. The van der Waals surface area contributed by atoms with Crippen LogP contribution in [-0.4, -0.2) is 5.11 Å². The number of phenolic OH excluding ortho intramolecular Hbond substituents is 1. The number of hydrogen-bond donors (Lipinski definition) is 2. The van der Waals surface area contributed by atoms with E-state index in [1.54, 1.807) is 6.07 Å². The lowest BCUT2D eigenvalue weighted by atomic mass is 10.0. The molecular formula is C19H19NO. The number of hydrogen-bond acceptors (Lipinski definition) is 2. The first-order valence-electron chi connectivity index (χ1n) is 7.31. The van der Waals surface area contributed by atoms with E-state index in [9.17, 15) is 5.11 Å². The number of phenols is 1. The normalized spacial score (nSPS) is 12.2. The van der Waals surface area contributed by atoms with E-state index < -0.39 is 0 Å². The second-order valence-corrected chi connectivity index (χ2v) is 5.23. The average Bonchev–Trinajstić information content (AvgIpc) is 2.53. The molecule has 0 aliphatic rings. The van der Waals surface area contributed by atoms with Crippen molar-refractivity contribution in [3.63, 3.8) is 0 Å². The van der Waals surface area contributed by atoms with E-state index in [1.165, 1.54) is 10.8 Å². The number of fused-ring (bicyclic) bond motifs is 1. The molecule has 0 fully saturated rings. The molecule has 2 nitrogen and oxygen atoms in total. The van der Waals surface area contributed by atoms with Gasteiger partial charge in [-0.05, 0) is 35.4 Å². The fourth-order valence-electron chi connectivity index (χ4n) is 2.66. The largest absolute Gasteiger partial charge is 0.508 e. The zero-order valence-electron chi connectivity index (χ0n) is 12.1. The molecule has 0 bridgehead atoms. The van der Waals surface area contributed by atoms with Crippen LogP contribution in [0.5, 0.6) is 5.75 Å². The van der Waals surface area contributed by atoms with Gasteiger partial charge in [0.15, 0.2) is 0 Å². The first-order valence-corrected chi connectivity index (χ1v) is 7.31. The summed E-state index contributed by atoms with van der Waals surface area (Å²) in [6.45, 7) is 2.12. The van der Waals surface area contributed by atoms with E-state index in [0.717, 1.165) is 17.7 Å². The van der Waals surface area contributed by atoms with Gasteiger partial charge in [-0.3, -0.25) is 0 Å². The van der Waals surface area contributed by atoms with E-state index in [1.807, 2.05) is 30.3 Å². The highest BCUT2D eigenvalue weighted by atomic mass is 16.3. The summed E-state index contributed by atoms with van der Waals surface area (Å²) in [5.74, 6) is 0.345. The third-order valence-corrected chi connectivity index (χ3v) is 3.81. The fraction of sp³-hybridized carbons (Fsp3) is 0.158. The maximum atomic E-state index is 10.0. The summed E-state index contributed by atoms with van der Waals surface area (Å²) in [6.07, 6.45) is 0.907. The van der Waals surface area contributed by atoms with Crippen LogP contribution in [0.25, 0.3) is 10.8 Å². The summed E-state index contributed by atoms with van der Waals surface area (Å²) >= 11 is 0. The van der Waals surface area contributed by atoms with Crippen molar-refractivity contribution in [2.24, 2.45) is 0 Å². The zero-order valence-corrected chi connectivity index (χ0v) is 12.1. The number of benzene rings is 3. The first-order chi connectivity index (χ1) is 10.3. The van der Waals surface area contributed by atoms with Gasteiger partial charge in [-0.25, -0.2) is 0 Å². The molecule has 2 heteroatoms. The monoisotopic (exact) mass is 277 g/mol. The lowest BCUT2D eigenvalue weighted by molar-refractivity contribution is 0.463. The molecule has 3 aromatic rings. The zero-order chi connectivity index (χ0) is 14.7. The standard InChI is InChI=1S/C19H19NO/c1-2-18(17-9-5-6-10-19(17)21)20-16-12-11-14-7-3-4-8-15(14)13-16/h3-13,18,20-21H,2H2,1H3. The van der Waals surface area contributed by atoms with E-state index in [0.29, 0.717) is 5.75 Å². The Morgan fingerprint density at radius 1 is 0.905 bits per heavy atom.